The molecule has 88 valence electrons. The molecule has 0 bridgehead atoms. The van der Waals surface area contributed by atoms with Crippen molar-refractivity contribution in [2.24, 2.45) is 0 Å². The van der Waals surface area contributed by atoms with Crippen molar-refractivity contribution < 1.29 is 9.32 Å². The zero-order valence-corrected chi connectivity index (χ0v) is 10.1. The average molecular weight is 230 g/mol. The summed E-state index contributed by atoms with van der Waals surface area (Å²) in [4.78, 5) is 11.9. The summed E-state index contributed by atoms with van der Waals surface area (Å²) >= 11 is 0. The molecule has 0 aliphatic heterocycles. The van der Waals surface area contributed by atoms with Crippen LogP contribution in [0.3, 0.4) is 0 Å². The Morgan fingerprint density at radius 1 is 1.24 bits per heavy atom. The van der Waals surface area contributed by atoms with Crippen molar-refractivity contribution in [1.82, 2.24) is 5.16 Å². The van der Waals surface area contributed by atoms with E-state index < -0.39 is 0 Å². The Kier molecular flexibility index (Phi) is 2.95. The van der Waals surface area contributed by atoms with E-state index in [1.807, 2.05) is 32.0 Å². The zero-order chi connectivity index (χ0) is 12.4. The lowest BCUT2D eigenvalue weighted by Gasteiger charge is -2.08. The molecule has 0 radical (unpaired) electrons. The topological polar surface area (TPSA) is 55.1 Å². The summed E-state index contributed by atoms with van der Waals surface area (Å²) in [5.74, 6) is -0.245. The first-order valence-corrected chi connectivity index (χ1v) is 5.37. The van der Waals surface area contributed by atoms with Crippen LogP contribution in [0.1, 0.15) is 27.2 Å². The van der Waals surface area contributed by atoms with Crippen LogP contribution in [0.25, 0.3) is 0 Å². The van der Waals surface area contributed by atoms with Crippen LogP contribution in [-0.4, -0.2) is 11.1 Å². The molecular weight excluding hydrogens is 216 g/mol. The summed E-state index contributed by atoms with van der Waals surface area (Å²) in [5, 5.41) is 6.51. The molecule has 0 saturated carbocycles. The maximum atomic E-state index is 11.9. The van der Waals surface area contributed by atoms with Gasteiger partial charge in [0.15, 0.2) is 5.69 Å². The molecule has 0 aliphatic carbocycles. The van der Waals surface area contributed by atoms with Gasteiger partial charge < -0.3 is 9.84 Å². The molecular formula is C13H14N2O2. The number of aryl methyl sites for hydroxylation is 3. The van der Waals surface area contributed by atoms with Gasteiger partial charge in [-0.15, -0.1) is 0 Å². The molecule has 2 aromatic rings. The highest BCUT2D eigenvalue weighted by molar-refractivity contribution is 6.04. The van der Waals surface area contributed by atoms with E-state index in [0.29, 0.717) is 5.69 Å². The number of anilines is 1. The summed E-state index contributed by atoms with van der Waals surface area (Å²) in [5.41, 5.74) is 3.98. The number of hydrogen-bond donors (Lipinski definition) is 1. The van der Waals surface area contributed by atoms with Crippen LogP contribution < -0.4 is 5.32 Å². The van der Waals surface area contributed by atoms with Gasteiger partial charge in [-0.1, -0.05) is 17.3 Å². The van der Waals surface area contributed by atoms with Crippen LogP contribution in [0, 0.1) is 20.8 Å². The quantitative estimate of drug-likeness (QED) is 0.863. The Morgan fingerprint density at radius 2 is 2.00 bits per heavy atom. The average Bonchev–Trinajstić information content (AvgIpc) is 2.70. The summed E-state index contributed by atoms with van der Waals surface area (Å²) in [7, 11) is 0. The Hall–Kier alpha value is -2.10. The van der Waals surface area contributed by atoms with Crippen molar-refractivity contribution in [3.63, 3.8) is 0 Å². The van der Waals surface area contributed by atoms with Crippen LogP contribution in [0.5, 0.6) is 0 Å². The highest BCUT2D eigenvalue weighted by Crippen LogP contribution is 2.17. The van der Waals surface area contributed by atoms with E-state index >= 15 is 0 Å². The molecule has 1 aromatic carbocycles. The lowest BCUT2D eigenvalue weighted by molar-refractivity contribution is 0.101. The van der Waals surface area contributed by atoms with E-state index in [-0.39, 0.29) is 5.91 Å². The van der Waals surface area contributed by atoms with Gasteiger partial charge in [0.25, 0.3) is 5.91 Å². The van der Waals surface area contributed by atoms with Crippen molar-refractivity contribution in [3.05, 3.63) is 46.8 Å². The maximum absolute atomic E-state index is 11.9. The molecule has 1 N–H and O–H groups in total. The number of hydrogen-bond acceptors (Lipinski definition) is 3. The molecule has 1 amide bonds. The summed E-state index contributed by atoms with van der Waals surface area (Å²) in [6.07, 6.45) is 1.46. The van der Waals surface area contributed by atoms with Crippen LogP contribution in [0.4, 0.5) is 5.69 Å². The fourth-order valence-corrected chi connectivity index (χ4v) is 1.56. The molecule has 0 spiro atoms. The van der Waals surface area contributed by atoms with Crippen molar-refractivity contribution in [1.29, 1.82) is 0 Å². The van der Waals surface area contributed by atoms with Gasteiger partial charge in [0.05, 0.1) is 0 Å². The number of benzene rings is 1. The first-order chi connectivity index (χ1) is 8.08. The number of nitrogens with one attached hydrogen (secondary N) is 1. The third-order valence-electron chi connectivity index (χ3n) is 2.60. The Balaban J connectivity index is 2.24. The van der Waals surface area contributed by atoms with Crippen LogP contribution in [0.15, 0.2) is 29.0 Å². The number of carbonyl (C=O) groups excluding carboxylic acids is 1. The van der Waals surface area contributed by atoms with E-state index in [2.05, 4.69) is 10.5 Å². The normalized spacial score (nSPS) is 10.3. The highest BCUT2D eigenvalue weighted by atomic mass is 16.5. The minimum absolute atomic E-state index is 0.245. The molecule has 0 unspecified atom stereocenters. The molecule has 4 heteroatoms. The van der Waals surface area contributed by atoms with Gasteiger partial charge in [0.1, 0.15) is 6.26 Å². The molecule has 1 heterocycles. The second kappa shape index (κ2) is 4.41. The molecule has 17 heavy (non-hydrogen) atoms. The lowest BCUT2D eigenvalue weighted by Crippen LogP contribution is -2.14. The standard InChI is InChI=1S/C13H14N2O2/c1-8-4-5-9(2)11(6-8)14-13(16)12-10(3)7-17-15-12/h4-7H,1-3H3,(H,14,16). The monoisotopic (exact) mass is 230 g/mol. The Morgan fingerprint density at radius 3 is 2.65 bits per heavy atom. The zero-order valence-electron chi connectivity index (χ0n) is 10.1. The second-order valence-electron chi connectivity index (χ2n) is 4.12. The third-order valence-corrected chi connectivity index (χ3v) is 2.60. The van der Waals surface area contributed by atoms with E-state index in [0.717, 1.165) is 22.4 Å². The van der Waals surface area contributed by atoms with Crippen LogP contribution in [-0.2, 0) is 0 Å². The first-order valence-electron chi connectivity index (χ1n) is 5.37. The largest absolute Gasteiger partial charge is 0.364 e. The number of rotatable bonds is 2. The van der Waals surface area contributed by atoms with Gasteiger partial charge in [-0.2, -0.15) is 0 Å². The number of nitrogens with zero attached hydrogens (tertiary/aromatic N) is 1. The number of amides is 1. The van der Waals surface area contributed by atoms with E-state index in [9.17, 15) is 4.79 Å². The van der Waals surface area contributed by atoms with Crippen molar-refractivity contribution >= 4 is 11.6 Å². The lowest BCUT2D eigenvalue weighted by atomic mass is 10.1. The third kappa shape index (κ3) is 2.36. The number of aromatic nitrogens is 1. The molecule has 2 rings (SSSR count). The van der Waals surface area contributed by atoms with Gasteiger partial charge in [0, 0.05) is 11.3 Å². The van der Waals surface area contributed by atoms with Crippen LogP contribution >= 0.6 is 0 Å². The van der Waals surface area contributed by atoms with Crippen molar-refractivity contribution in [2.45, 2.75) is 20.8 Å². The van der Waals surface area contributed by atoms with Gasteiger partial charge in [-0.05, 0) is 38.0 Å². The predicted octanol–water partition coefficient (Wildman–Crippen LogP) is 2.85. The fraction of sp³-hybridized carbons (Fsp3) is 0.231. The van der Waals surface area contributed by atoms with Gasteiger partial charge in [0.2, 0.25) is 0 Å². The SMILES string of the molecule is Cc1ccc(C)c(NC(=O)c2nocc2C)c1. The number of carbonyl (C=O) groups is 1. The summed E-state index contributed by atoms with van der Waals surface area (Å²) < 4.78 is 4.75. The minimum Gasteiger partial charge on any atom is -0.364 e. The smallest absolute Gasteiger partial charge is 0.278 e. The highest BCUT2D eigenvalue weighted by Gasteiger charge is 2.14. The van der Waals surface area contributed by atoms with Crippen molar-refractivity contribution in [2.75, 3.05) is 5.32 Å². The maximum Gasteiger partial charge on any atom is 0.278 e. The van der Waals surface area contributed by atoms with E-state index in [1.165, 1.54) is 6.26 Å². The summed E-state index contributed by atoms with van der Waals surface area (Å²) in [6.45, 7) is 5.72. The van der Waals surface area contributed by atoms with Gasteiger partial charge in [-0.25, -0.2) is 0 Å². The van der Waals surface area contributed by atoms with Crippen molar-refractivity contribution in [3.8, 4) is 0 Å². The summed E-state index contributed by atoms with van der Waals surface area (Å²) in [6, 6.07) is 5.91. The van der Waals surface area contributed by atoms with E-state index in [1.54, 1.807) is 6.92 Å². The molecule has 4 nitrogen and oxygen atoms in total. The fourth-order valence-electron chi connectivity index (χ4n) is 1.56. The molecule has 1 aromatic heterocycles. The predicted molar refractivity (Wildman–Crippen MR) is 65.1 cm³/mol. The molecule has 0 atom stereocenters. The Labute approximate surface area is 99.6 Å². The first kappa shape index (κ1) is 11.4. The minimum atomic E-state index is -0.245. The molecule has 0 fully saturated rings. The molecule has 0 aliphatic rings. The van der Waals surface area contributed by atoms with Crippen LogP contribution in [0.2, 0.25) is 0 Å². The molecule has 0 saturated heterocycles. The van der Waals surface area contributed by atoms with Gasteiger partial charge in [-0.3, -0.25) is 4.79 Å². The Bertz CT molecular complexity index is 558. The second-order valence-corrected chi connectivity index (χ2v) is 4.12. The van der Waals surface area contributed by atoms with Gasteiger partial charge >= 0.3 is 0 Å². The van der Waals surface area contributed by atoms with E-state index in [4.69, 9.17) is 4.52 Å².